The smallest absolute Gasteiger partial charge is 0.338 e. The van der Waals surface area contributed by atoms with Crippen LogP contribution in [0.15, 0.2) is 46.0 Å². The first kappa shape index (κ1) is 30.0. The normalized spacial score (nSPS) is 25.8. The number of esters is 1. The molecule has 0 spiro atoms. The second kappa shape index (κ2) is 11.5. The Hall–Kier alpha value is -3.00. The molecule has 1 aromatic heterocycles. The molecule has 1 fully saturated rings. The number of alkyl halides is 2. The molecule has 4 atom stereocenters. The van der Waals surface area contributed by atoms with Crippen molar-refractivity contribution in [3.05, 3.63) is 62.5 Å². The van der Waals surface area contributed by atoms with E-state index in [0.717, 1.165) is 13.2 Å². The Morgan fingerprint density at radius 1 is 1.35 bits per heavy atom. The van der Waals surface area contributed by atoms with Gasteiger partial charge in [-0.25, -0.2) is 22.9 Å². The quantitative estimate of drug-likeness (QED) is 0.386. The number of benzene rings is 1. The summed E-state index contributed by atoms with van der Waals surface area (Å²) < 4.78 is 48.9. The molecule has 3 N–H and O–H groups in total. The zero-order valence-electron chi connectivity index (χ0n) is 21.8. The number of likely N-dealkylation sites (tertiary alicyclic amines) is 1. The second-order valence-corrected chi connectivity index (χ2v) is 11.4. The van der Waals surface area contributed by atoms with Gasteiger partial charge in [-0.15, -0.1) is 11.3 Å². The molecular formula is C26H28ClF3N4O5S. The fourth-order valence-electron chi connectivity index (χ4n) is 5.35. The van der Waals surface area contributed by atoms with Crippen LogP contribution in [0, 0.1) is 5.82 Å². The minimum Gasteiger partial charge on any atom is -0.481 e. The average molecular weight is 601 g/mol. The van der Waals surface area contributed by atoms with Gasteiger partial charge < -0.3 is 20.3 Å². The SMILES string of the molecule is COC(=O)C1=C(CN2C(C)C[C@@](O)(CC(=O)O)CC2C(C)(F)F)NC(c2nccs2)=N[C@H]1c1ccc(F)cc1Cl. The molecule has 216 valence electrons. The molecule has 3 heterocycles. The summed E-state index contributed by atoms with van der Waals surface area (Å²) in [5.74, 6) is -5.79. The first-order valence-electron chi connectivity index (χ1n) is 12.3. The number of aliphatic imine (C=N–C) groups is 1. The minimum atomic E-state index is -3.34. The predicted molar refractivity (Wildman–Crippen MR) is 142 cm³/mol. The van der Waals surface area contributed by atoms with Gasteiger partial charge in [-0.1, -0.05) is 17.7 Å². The number of hydrogen-bond donors (Lipinski definition) is 3. The molecule has 0 bridgehead atoms. The van der Waals surface area contributed by atoms with E-state index in [-0.39, 0.29) is 40.7 Å². The molecule has 14 heteroatoms. The topological polar surface area (TPSA) is 124 Å². The van der Waals surface area contributed by atoms with E-state index in [1.54, 1.807) is 18.5 Å². The lowest BCUT2D eigenvalue weighted by Crippen LogP contribution is -2.61. The summed E-state index contributed by atoms with van der Waals surface area (Å²) in [6, 6.07) is 0.271. The van der Waals surface area contributed by atoms with Gasteiger partial charge in [-0.2, -0.15) is 0 Å². The number of nitrogens with one attached hydrogen (secondary N) is 1. The number of halogens is 4. The minimum absolute atomic E-state index is 0.00191. The van der Waals surface area contributed by atoms with Crippen LogP contribution in [0.1, 0.15) is 49.7 Å². The van der Waals surface area contributed by atoms with Crippen LogP contribution >= 0.6 is 22.9 Å². The number of carbonyl (C=O) groups is 2. The van der Waals surface area contributed by atoms with Crippen molar-refractivity contribution >= 4 is 40.7 Å². The first-order chi connectivity index (χ1) is 18.7. The van der Waals surface area contributed by atoms with Crippen LogP contribution in [-0.2, 0) is 14.3 Å². The van der Waals surface area contributed by atoms with Gasteiger partial charge in [-0.05, 0) is 31.9 Å². The Balaban J connectivity index is 1.83. The summed E-state index contributed by atoms with van der Waals surface area (Å²) >= 11 is 7.61. The molecule has 0 aliphatic carbocycles. The predicted octanol–water partition coefficient (Wildman–Crippen LogP) is 4.17. The molecule has 2 aliphatic heterocycles. The number of ether oxygens (including phenoxy) is 1. The highest BCUT2D eigenvalue weighted by molar-refractivity contribution is 7.11. The number of amidine groups is 1. The number of aliphatic hydroxyl groups is 1. The van der Waals surface area contributed by atoms with E-state index in [9.17, 15) is 24.2 Å². The van der Waals surface area contributed by atoms with Crippen molar-refractivity contribution in [3.8, 4) is 0 Å². The monoisotopic (exact) mass is 600 g/mol. The highest BCUT2D eigenvalue weighted by Gasteiger charge is 2.51. The number of piperidine rings is 1. The highest BCUT2D eigenvalue weighted by Crippen LogP contribution is 2.42. The van der Waals surface area contributed by atoms with Crippen LogP contribution in [0.2, 0.25) is 5.02 Å². The van der Waals surface area contributed by atoms with Gasteiger partial charge in [0, 0.05) is 47.4 Å². The number of hydrogen-bond acceptors (Lipinski definition) is 9. The molecule has 0 saturated carbocycles. The van der Waals surface area contributed by atoms with E-state index in [2.05, 4.69) is 15.3 Å². The molecule has 2 aromatic rings. The summed E-state index contributed by atoms with van der Waals surface area (Å²) in [6.45, 7) is 2.08. The fraction of sp³-hybridized carbons (Fsp3) is 0.462. The molecule has 4 rings (SSSR count). The van der Waals surface area contributed by atoms with E-state index in [1.165, 1.54) is 28.4 Å². The summed E-state index contributed by atoms with van der Waals surface area (Å²) in [4.78, 5) is 34.9. The number of carbonyl (C=O) groups excluding carboxylic acids is 1. The van der Waals surface area contributed by atoms with Gasteiger partial charge in [0.25, 0.3) is 5.92 Å². The van der Waals surface area contributed by atoms with Crippen LogP contribution in [-0.4, -0.2) is 75.1 Å². The summed E-state index contributed by atoms with van der Waals surface area (Å²) in [5.41, 5.74) is -1.39. The van der Waals surface area contributed by atoms with Crippen molar-refractivity contribution < 1.29 is 37.7 Å². The molecule has 2 aliphatic rings. The number of methoxy groups -OCH3 is 1. The number of aliphatic carboxylic acids is 1. The van der Waals surface area contributed by atoms with Crippen molar-refractivity contribution in [1.82, 2.24) is 15.2 Å². The Bertz CT molecular complexity index is 1350. The van der Waals surface area contributed by atoms with E-state index in [0.29, 0.717) is 11.9 Å². The molecule has 1 saturated heterocycles. The maximum atomic E-state index is 15.0. The number of carboxylic acids is 1. The Kier molecular flexibility index (Phi) is 8.60. The van der Waals surface area contributed by atoms with Gasteiger partial charge >= 0.3 is 11.9 Å². The van der Waals surface area contributed by atoms with E-state index in [1.807, 2.05) is 0 Å². The number of rotatable bonds is 8. The molecule has 0 amide bonds. The molecule has 9 nitrogen and oxygen atoms in total. The van der Waals surface area contributed by atoms with Crippen LogP contribution in [0.4, 0.5) is 13.2 Å². The lowest BCUT2D eigenvalue weighted by atomic mass is 9.78. The molecule has 2 unspecified atom stereocenters. The third-order valence-corrected chi connectivity index (χ3v) is 8.15. The van der Waals surface area contributed by atoms with E-state index in [4.69, 9.17) is 16.3 Å². The Morgan fingerprint density at radius 2 is 2.08 bits per heavy atom. The van der Waals surface area contributed by atoms with Gasteiger partial charge in [-0.3, -0.25) is 14.7 Å². The number of nitrogens with zero attached hydrogens (tertiary/aromatic N) is 3. The number of aromatic nitrogens is 1. The van der Waals surface area contributed by atoms with Crippen molar-refractivity contribution in [2.24, 2.45) is 4.99 Å². The maximum absolute atomic E-state index is 15.0. The van der Waals surface area contributed by atoms with Crippen LogP contribution in [0.25, 0.3) is 0 Å². The van der Waals surface area contributed by atoms with Crippen LogP contribution < -0.4 is 5.32 Å². The van der Waals surface area contributed by atoms with E-state index < -0.39 is 60.2 Å². The summed E-state index contributed by atoms with van der Waals surface area (Å²) in [6.07, 6.45) is 0.271. The number of carboxylic acid groups (broad SMARTS) is 1. The Morgan fingerprint density at radius 3 is 2.65 bits per heavy atom. The summed E-state index contributed by atoms with van der Waals surface area (Å²) in [7, 11) is 1.16. The molecular weight excluding hydrogens is 573 g/mol. The third-order valence-electron chi connectivity index (χ3n) is 7.04. The zero-order valence-corrected chi connectivity index (χ0v) is 23.4. The number of thiazole rings is 1. The van der Waals surface area contributed by atoms with Gasteiger partial charge in [0.2, 0.25) is 0 Å². The van der Waals surface area contributed by atoms with Crippen molar-refractivity contribution in [2.75, 3.05) is 13.7 Å². The average Bonchev–Trinajstić information content (AvgIpc) is 3.38. The van der Waals surface area contributed by atoms with Gasteiger partial charge in [0.15, 0.2) is 10.8 Å². The maximum Gasteiger partial charge on any atom is 0.338 e. The lowest BCUT2D eigenvalue weighted by Gasteiger charge is -2.49. The molecule has 0 radical (unpaired) electrons. The van der Waals surface area contributed by atoms with Crippen LogP contribution in [0.3, 0.4) is 0 Å². The van der Waals surface area contributed by atoms with Crippen molar-refractivity contribution in [3.63, 3.8) is 0 Å². The largest absolute Gasteiger partial charge is 0.481 e. The first-order valence-corrected chi connectivity index (χ1v) is 13.6. The second-order valence-electron chi connectivity index (χ2n) is 10.1. The van der Waals surface area contributed by atoms with Crippen LogP contribution in [0.5, 0.6) is 0 Å². The van der Waals surface area contributed by atoms with Crippen molar-refractivity contribution in [2.45, 2.75) is 62.8 Å². The standard InChI is InChI=1S/C26H28ClF3N4O5S/c1-13-9-26(38,11-19(35)36)10-18(25(2,29)30)34(13)12-17-20(24(37)39-3)21(15-5-4-14(28)8-16(15)27)33-22(32-17)23-31-6-7-40-23/h4-8,13,18,21,38H,9-12H2,1-3H3,(H,32,33)(H,35,36)/t13?,18?,21-,26-/m0/s1. The summed E-state index contributed by atoms with van der Waals surface area (Å²) in [5, 5.41) is 25.4. The van der Waals surface area contributed by atoms with E-state index >= 15 is 8.78 Å². The Labute approximate surface area is 237 Å². The highest BCUT2D eigenvalue weighted by atomic mass is 35.5. The zero-order chi connectivity index (χ0) is 29.4. The van der Waals surface area contributed by atoms with Gasteiger partial charge in [0.1, 0.15) is 11.9 Å². The third kappa shape index (κ3) is 6.32. The fourth-order valence-corrected chi connectivity index (χ4v) is 6.21. The lowest BCUT2D eigenvalue weighted by molar-refractivity contribution is -0.162. The van der Waals surface area contributed by atoms with Gasteiger partial charge in [0.05, 0.1) is 30.7 Å². The molecule has 40 heavy (non-hydrogen) atoms. The molecule has 1 aromatic carbocycles. The van der Waals surface area contributed by atoms with Crippen molar-refractivity contribution in [1.29, 1.82) is 0 Å².